The summed E-state index contributed by atoms with van der Waals surface area (Å²) in [5, 5.41) is 3.33. The third-order valence-corrected chi connectivity index (χ3v) is 3.17. The first-order valence-electron chi connectivity index (χ1n) is 6.61. The number of carbonyl (C=O) groups is 1. The normalized spacial score (nSPS) is 13.7. The number of hydrogen-bond donors (Lipinski definition) is 1. The fourth-order valence-electron chi connectivity index (χ4n) is 1.72. The van der Waals surface area contributed by atoms with Crippen molar-refractivity contribution >= 4 is 5.97 Å². The van der Waals surface area contributed by atoms with Crippen LogP contribution in [-0.4, -0.2) is 25.7 Å². The van der Waals surface area contributed by atoms with Gasteiger partial charge in [-0.25, -0.2) is 0 Å². The van der Waals surface area contributed by atoms with Crippen LogP contribution < -0.4 is 10.1 Å². The molecule has 0 saturated heterocycles. The van der Waals surface area contributed by atoms with Crippen LogP contribution in [0.5, 0.6) is 5.75 Å². The van der Waals surface area contributed by atoms with Gasteiger partial charge in [-0.1, -0.05) is 19.1 Å². The molecule has 1 aromatic carbocycles. The van der Waals surface area contributed by atoms with E-state index in [0.717, 1.165) is 11.3 Å². The smallest absolute Gasteiger partial charge is 0.310 e. The maximum absolute atomic E-state index is 11.6. The summed E-state index contributed by atoms with van der Waals surface area (Å²) in [7, 11) is 1.65. The number of rotatable bonds is 7. The fraction of sp³-hybridized carbons (Fsp3) is 0.533. The average Bonchev–Trinajstić information content (AvgIpc) is 2.44. The molecule has 0 saturated carbocycles. The minimum absolute atomic E-state index is 0.0604. The highest BCUT2D eigenvalue weighted by Crippen LogP contribution is 2.13. The van der Waals surface area contributed by atoms with Crippen LogP contribution in [0.3, 0.4) is 0 Å². The van der Waals surface area contributed by atoms with Gasteiger partial charge in [0.2, 0.25) is 0 Å². The Morgan fingerprint density at radius 3 is 2.74 bits per heavy atom. The second-order valence-corrected chi connectivity index (χ2v) is 4.56. The molecule has 4 nitrogen and oxygen atoms in total. The maximum atomic E-state index is 11.6. The number of nitrogens with one attached hydrogen (secondary N) is 1. The molecular formula is C15H23NO3. The molecule has 0 heterocycles. The Bertz CT molecular complexity index is 406. The van der Waals surface area contributed by atoms with Crippen molar-refractivity contribution in [3.8, 4) is 5.75 Å². The van der Waals surface area contributed by atoms with E-state index in [0.29, 0.717) is 13.2 Å². The van der Waals surface area contributed by atoms with Crippen LogP contribution >= 0.6 is 0 Å². The van der Waals surface area contributed by atoms with Crippen molar-refractivity contribution < 1.29 is 14.3 Å². The van der Waals surface area contributed by atoms with E-state index in [1.54, 1.807) is 7.11 Å². The lowest BCUT2D eigenvalue weighted by atomic mass is 10.0. The molecule has 1 rings (SSSR count). The van der Waals surface area contributed by atoms with Crippen LogP contribution in [0.15, 0.2) is 24.3 Å². The Morgan fingerprint density at radius 2 is 2.11 bits per heavy atom. The lowest BCUT2D eigenvalue weighted by Crippen LogP contribution is -2.36. The number of carbonyl (C=O) groups excluding carboxylic acids is 1. The van der Waals surface area contributed by atoms with Crippen molar-refractivity contribution in [3.63, 3.8) is 0 Å². The molecule has 19 heavy (non-hydrogen) atoms. The number of methoxy groups -OCH3 is 1. The van der Waals surface area contributed by atoms with E-state index in [-0.39, 0.29) is 17.9 Å². The van der Waals surface area contributed by atoms with E-state index in [1.165, 1.54) is 0 Å². The summed E-state index contributed by atoms with van der Waals surface area (Å²) in [6, 6.07) is 7.93. The Labute approximate surface area is 115 Å². The Morgan fingerprint density at radius 1 is 1.37 bits per heavy atom. The summed E-state index contributed by atoms with van der Waals surface area (Å²) in [6.45, 7) is 6.80. The number of ether oxygens (including phenoxy) is 2. The van der Waals surface area contributed by atoms with Gasteiger partial charge in [0.1, 0.15) is 5.75 Å². The van der Waals surface area contributed by atoms with E-state index in [2.05, 4.69) is 5.32 Å². The molecule has 0 aliphatic heterocycles. The van der Waals surface area contributed by atoms with E-state index >= 15 is 0 Å². The molecule has 0 bridgehead atoms. The molecule has 4 heteroatoms. The SMILES string of the molecule is CCOC(=O)C(C)C(C)NCc1cccc(OC)c1. The molecule has 1 N–H and O–H groups in total. The van der Waals surface area contributed by atoms with E-state index in [1.807, 2.05) is 45.0 Å². The van der Waals surface area contributed by atoms with Gasteiger partial charge in [0.05, 0.1) is 19.6 Å². The van der Waals surface area contributed by atoms with Crippen LogP contribution in [0.4, 0.5) is 0 Å². The summed E-state index contributed by atoms with van der Waals surface area (Å²) in [5.74, 6) is 0.518. The molecule has 0 aromatic heterocycles. The van der Waals surface area contributed by atoms with E-state index < -0.39 is 0 Å². The molecule has 0 amide bonds. The monoisotopic (exact) mass is 265 g/mol. The highest BCUT2D eigenvalue weighted by molar-refractivity contribution is 5.72. The third-order valence-electron chi connectivity index (χ3n) is 3.17. The molecular weight excluding hydrogens is 242 g/mol. The summed E-state index contributed by atoms with van der Waals surface area (Å²) < 4.78 is 10.2. The van der Waals surface area contributed by atoms with Gasteiger partial charge in [-0.2, -0.15) is 0 Å². The second kappa shape index (κ2) is 7.79. The van der Waals surface area contributed by atoms with Gasteiger partial charge in [0.25, 0.3) is 0 Å². The van der Waals surface area contributed by atoms with E-state index in [4.69, 9.17) is 9.47 Å². The van der Waals surface area contributed by atoms with Crippen molar-refractivity contribution in [1.29, 1.82) is 0 Å². The molecule has 0 aliphatic rings. The number of hydrogen-bond acceptors (Lipinski definition) is 4. The quantitative estimate of drug-likeness (QED) is 0.769. The lowest BCUT2D eigenvalue weighted by Gasteiger charge is -2.20. The molecule has 2 atom stereocenters. The molecule has 1 aromatic rings. The first-order chi connectivity index (χ1) is 9.08. The maximum Gasteiger partial charge on any atom is 0.310 e. The molecule has 106 valence electrons. The highest BCUT2D eigenvalue weighted by atomic mass is 16.5. The Balaban J connectivity index is 2.48. The van der Waals surface area contributed by atoms with Crippen molar-refractivity contribution in [1.82, 2.24) is 5.32 Å². The number of esters is 1. The van der Waals surface area contributed by atoms with Gasteiger partial charge in [0, 0.05) is 12.6 Å². The highest BCUT2D eigenvalue weighted by Gasteiger charge is 2.20. The zero-order chi connectivity index (χ0) is 14.3. The van der Waals surface area contributed by atoms with Crippen LogP contribution in [-0.2, 0) is 16.1 Å². The van der Waals surface area contributed by atoms with Crippen molar-refractivity contribution in [3.05, 3.63) is 29.8 Å². The minimum Gasteiger partial charge on any atom is -0.497 e. The molecule has 0 fully saturated rings. The van der Waals surface area contributed by atoms with Gasteiger partial charge in [-0.15, -0.1) is 0 Å². The minimum atomic E-state index is -0.162. The molecule has 2 unspecified atom stereocenters. The topological polar surface area (TPSA) is 47.6 Å². The second-order valence-electron chi connectivity index (χ2n) is 4.56. The van der Waals surface area contributed by atoms with E-state index in [9.17, 15) is 4.79 Å². The van der Waals surface area contributed by atoms with Gasteiger partial charge >= 0.3 is 5.97 Å². The van der Waals surface area contributed by atoms with Crippen LogP contribution in [0.1, 0.15) is 26.3 Å². The van der Waals surface area contributed by atoms with Crippen LogP contribution in [0, 0.1) is 5.92 Å². The fourth-order valence-corrected chi connectivity index (χ4v) is 1.72. The third kappa shape index (κ3) is 4.91. The van der Waals surface area contributed by atoms with Crippen molar-refractivity contribution in [2.24, 2.45) is 5.92 Å². The van der Waals surface area contributed by atoms with Gasteiger partial charge in [-0.05, 0) is 31.5 Å². The molecule has 0 radical (unpaired) electrons. The molecule has 0 aliphatic carbocycles. The molecule has 0 spiro atoms. The zero-order valence-corrected chi connectivity index (χ0v) is 12.1. The summed E-state index contributed by atoms with van der Waals surface area (Å²) >= 11 is 0. The van der Waals surface area contributed by atoms with Crippen LogP contribution in [0.25, 0.3) is 0 Å². The summed E-state index contributed by atoms with van der Waals surface area (Å²) in [4.78, 5) is 11.6. The predicted octanol–water partition coefficient (Wildman–Crippen LogP) is 2.37. The Hall–Kier alpha value is -1.55. The largest absolute Gasteiger partial charge is 0.497 e. The first-order valence-corrected chi connectivity index (χ1v) is 6.61. The standard InChI is InChI=1S/C15H23NO3/c1-5-19-15(17)11(2)12(3)16-10-13-7-6-8-14(9-13)18-4/h6-9,11-12,16H,5,10H2,1-4H3. The van der Waals surface area contributed by atoms with Gasteiger partial charge in [0.15, 0.2) is 0 Å². The lowest BCUT2D eigenvalue weighted by molar-refractivity contribution is -0.148. The first kappa shape index (κ1) is 15.5. The number of benzene rings is 1. The summed E-state index contributed by atoms with van der Waals surface area (Å²) in [5.41, 5.74) is 1.13. The zero-order valence-electron chi connectivity index (χ0n) is 12.1. The van der Waals surface area contributed by atoms with Crippen molar-refractivity contribution in [2.45, 2.75) is 33.4 Å². The van der Waals surface area contributed by atoms with Crippen molar-refractivity contribution in [2.75, 3.05) is 13.7 Å². The van der Waals surface area contributed by atoms with Crippen LogP contribution in [0.2, 0.25) is 0 Å². The Kier molecular flexibility index (Phi) is 6.36. The summed E-state index contributed by atoms with van der Waals surface area (Å²) in [6.07, 6.45) is 0. The van der Waals surface area contributed by atoms with Gasteiger partial charge < -0.3 is 14.8 Å². The van der Waals surface area contributed by atoms with Gasteiger partial charge in [-0.3, -0.25) is 4.79 Å². The predicted molar refractivity (Wildman–Crippen MR) is 75.1 cm³/mol. The average molecular weight is 265 g/mol.